The lowest BCUT2D eigenvalue weighted by molar-refractivity contribution is 0.101. The third kappa shape index (κ3) is 3.81. The number of thiophene rings is 1. The van der Waals surface area contributed by atoms with Crippen molar-refractivity contribution >= 4 is 59.4 Å². The Morgan fingerprint density at radius 3 is 2.34 bits per heavy atom. The number of fused-ring (bicyclic) bond motifs is 11. The summed E-state index contributed by atoms with van der Waals surface area (Å²) in [6, 6.07) is 49.4. The molecule has 2 aliphatic rings. The Kier molecular flexibility index (Phi) is 5.70. The molecule has 0 saturated carbocycles. The molecular weight excluding hydrogens is 631 g/mol. The van der Waals surface area contributed by atoms with Crippen LogP contribution in [0.2, 0.25) is 0 Å². The number of hydrogen-bond donors (Lipinski definition) is 0. The Balaban J connectivity index is 1.22. The van der Waals surface area contributed by atoms with Crippen molar-refractivity contribution in [1.82, 2.24) is 14.5 Å². The molecule has 0 amide bonds. The Labute approximate surface area is 292 Å². The molecule has 1 aliphatic carbocycles. The summed E-state index contributed by atoms with van der Waals surface area (Å²) in [5, 5.41) is 4.69. The predicted octanol–water partition coefficient (Wildman–Crippen LogP) is 11.7. The molecule has 0 bridgehead atoms. The van der Waals surface area contributed by atoms with Gasteiger partial charge in [-0.05, 0) is 49.4 Å². The molecule has 1 aliphatic heterocycles. The van der Waals surface area contributed by atoms with Crippen molar-refractivity contribution in [2.75, 3.05) is 0 Å². The summed E-state index contributed by atoms with van der Waals surface area (Å²) in [6.45, 7) is 2.26. The van der Waals surface area contributed by atoms with Crippen molar-refractivity contribution in [3.63, 3.8) is 0 Å². The minimum atomic E-state index is -0.535. The molecule has 2 unspecified atom stereocenters. The van der Waals surface area contributed by atoms with Gasteiger partial charge in [-0.2, -0.15) is 0 Å². The van der Waals surface area contributed by atoms with Crippen LogP contribution in [0.5, 0.6) is 5.75 Å². The molecule has 4 heterocycles. The predicted molar refractivity (Wildman–Crippen MR) is 206 cm³/mol. The van der Waals surface area contributed by atoms with Crippen LogP contribution in [-0.4, -0.2) is 14.5 Å². The zero-order valence-electron chi connectivity index (χ0n) is 27.2. The number of hydrogen-bond acceptors (Lipinski definition) is 4. The van der Waals surface area contributed by atoms with Crippen molar-refractivity contribution in [1.29, 1.82) is 0 Å². The summed E-state index contributed by atoms with van der Waals surface area (Å²) in [7, 11) is 0. The molecule has 0 fully saturated rings. The van der Waals surface area contributed by atoms with E-state index in [9.17, 15) is 0 Å². The summed E-state index contributed by atoms with van der Waals surface area (Å²) in [4.78, 5) is 10.6. The van der Waals surface area contributed by atoms with Crippen LogP contribution in [0.4, 0.5) is 0 Å². The smallest absolute Gasteiger partial charge is 0.161 e. The van der Waals surface area contributed by atoms with Crippen molar-refractivity contribution in [2.45, 2.75) is 18.4 Å². The first-order valence-corrected chi connectivity index (χ1v) is 17.9. The van der Waals surface area contributed by atoms with E-state index in [4.69, 9.17) is 14.7 Å². The zero-order valence-corrected chi connectivity index (χ0v) is 28.0. The molecule has 50 heavy (non-hydrogen) atoms. The van der Waals surface area contributed by atoms with Gasteiger partial charge in [0.15, 0.2) is 5.82 Å². The molecule has 236 valence electrons. The van der Waals surface area contributed by atoms with Crippen LogP contribution in [0.15, 0.2) is 146 Å². The minimum absolute atomic E-state index is 0.131. The van der Waals surface area contributed by atoms with Crippen LogP contribution in [0.25, 0.3) is 76.4 Å². The second kappa shape index (κ2) is 10.2. The van der Waals surface area contributed by atoms with Crippen LogP contribution in [0, 0.1) is 0 Å². The van der Waals surface area contributed by atoms with Crippen LogP contribution >= 0.6 is 11.3 Å². The lowest BCUT2D eigenvalue weighted by Crippen LogP contribution is -2.33. The van der Waals surface area contributed by atoms with Gasteiger partial charge in [0.05, 0.1) is 22.4 Å². The lowest BCUT2D eigenvalue weighted by Gasteiger charge is -2.33. The molecule has 0 spiro atoms. The first-order chi connectivity index (χ1) is 24.7. The van der Waals surface area contributed by atoms with Gasteiger partial charge >= 0.3 is 0 Å². The molecule has 6 aromatic carbocycles. The van der Waals surface area contributed by atoms with Gasteiger partial charge in [0.2, 0.25) is 0 Å². The van der Waals surface area contributed by atoms with E-state index >= 15 is 0 Å². The van der Waals surface area contributed by atoms with E-state index in [2.05, 4.69) is 157 Å². The summed E-state index contributed by atoms with van der Waals surface area (Å²) in [5.74, 6) is 1.82. The maximum atomic E-state index is 6.90. The van der Waals surface area contributed by atoms with E-state index in [-0.39, 0.29) is 5.92 Å². The maximum Gasteiger partial charge on any atom is 0.161 e. The minimum Gasteiger partial charge on any atom is -0.481 e. The molecule has 3 aromatic heterocycles. The largest absolute Gasteiger partial charge is 0.481 e. The normalized spacial score (nSPS) is 17.7. The van der Waals surface area contributed by atoms with Crippen LogP contribution in [-0.2, 0) is 5.60 Å². The molecule has 0 N–H and O–H groups in total. The summed E-state index contributed by atoms with van der Waals surface area (Å²) < 4.78 is 11.8. The van der Waals surface area contributed by atoms with Crippen molar-refractivity contribution < 1.29 is 4.74 Å². The quantitative estimate of drug-likeness (QED) is 0.189. The number of aromatic nitrogens is 3. The SMILES string of the molecule is CC12Oc3ccccc3C1C=Cc1c2c2ccccc2n1-c1cc(-c2nc(-c3ccccc3)c3ccccc3n2)c2sc3ccccc3c2c1. The van der Waals surface area contributed by atoms with Crippen LogP contribution < -0.4 is 4.74 Å². The summed E-state index contributed by atoms with van der Waals surface area (Å²) in [5.41, 5.74) is 9.28. The van der Waals surface area contributed by atoms with E-state index in [0.29, 0.717) is 0 Å². The monoisotopic (exact) mass is 659 g/mol. The van der Waals surface area contributed by atoms with Gasteiger partial charge in [0, 0.05) is 64.8 Å². The Morgan fingerprint density at radius 2 is 1.44 bits per heavy atom. The highest BCUT2D eigenvalue weighted by molar-refractivity contribution is 7.26. The highest BCUT2D eigenvalue weighted by Gasteiger charge is 2.49. The van der Waals surface area contributed by atoms with Gasteiger partial charge < -0.3 is 9.30 Å². The van der Waals surface area contributed by atoms with Crippen molar-refractivity contribution in [3.05, 3.63) is 162 Å². The Bertz CT molecular complexity index is 2880. The molecule has 11 rings (SSSR count). The fourth-order valence-electron chi connectivity index (χ4n) is 8.44. The maximum absolute atomic E-state index is 6.90. The first-order valence-electron chi connectivity index (χ1n) is 17.0. The van der Waals surface area contributed by atoms with Gasteiger partial charge in [-0.15, -0.1) is 11.3 Å². The fourth-order valence-corrected chi connectivity index (χ4v) is 9.63. The van der Waals surface area contributed by atoms with Crippen LogP contribution in [0.1, 0.15) is 29.7 Å². The average Bonchev–Trinajstić information content (AvgIpc) is 3.81. The van der Waals surface area contributed by atoms with Crippen molar-refractivity contribution in [3.8, 4) is 34.1 Å². The van der Waals surface area contributed by atoms with Crippen LogP contribution in [0.3, 0.4) is 0 Å². The Hall–Kier alpha value is -6.04. The van der Waals surface area contributed by atoms with Crippen molar-refractivity contribution in [2.24, 2.45) is 0 Å². The average molecular weight is 660 g/mol. The molecule has 0 radical (unpaired) electrons. The van der Waals surface area contributed by atoms with E-state index in [1.54, 1.807) is 0 Å². The standard InChI is InChI=1S/C45H29N3OS/c1-45-35(30-16-7-11-21-39(30)49-45)23-24-38-41(45)32-18-6-10-20-37(32)48(38)28-25-33-29-15-8-12-22-40(29)50-43(33)34(26-28)44-46-36-19-9-5-17-31(36)42(47-44)27-13-3-2-4-14-27/h2-26,35H,1H3. The first kappa shape index (κ1) is 27.9. The second-order valence-electron chi connectivity index (χ2n) is 13.4. The molecule has 2 atom stereocenters. The number of benzene rings is 6. The number of rotatable bonds is 3. The zero-order chi connectivity index (χ0) is 33.0. The number of nitrogens with zero attached hydrogens (tertiary/aromatic N) is 3. The topological polar surface area (TPSA) is 39.9 Å². The van der Waals surface area contributed by atoms with E-state index < -0.39 is 5.60 Å². The molecule has 9 aromatic rings. The molecule has 4 nitrogen and oxygen atoms in total. The highest BCUT2D eigenvalue weighted by atomic mass is 32.1. The van der Waals surface area contributed by atoms with E-state index in [1.165, 1.54) is 36.7 Å². The van der Waals surface area contributed by atoms with Gasteiger partial charge in [0.25, 0.3) is 0 Å². The van der Waals surface area contributed by atoms with Gasteiger partial charge in [-0.3, -0.25) is 0 Å². The Morgan fingerprint density at radius 1 is 0.700 bits per heavy atom. The molecule has 0 saturated heterocycles. The van der Waals surface area contributed by atoms with E-state index in [1.807, 2.05) is 17.4 Å². The molecule has 5 heteroatoms. The third-order valence-corrected chi connectivity index (χ3v) is 11.9. The number of ether oxygens (including phenoxy) is 1. The number of para-hydroxylation sites is 3. The lowest BCUT2D eigenvalue weighted by atomic mass is 9.76. The highest BCUT2D eigenvalue weighted by Crippen LogP contribution is 2.56. The molecular formula is C45H29N3OS. The van der Waals surface area contributed by atoms with Gasteiger partial charge in [0.1, 0.15) is 11.4 Å². The van der Waals surface area contributed by atoms with E-state index in [0.717, 1.165) is 56.2 Å². The summed E-state index contributed by atoms with van der Waals surface area (Å²) >= 11 is 1.81. The second-order valence-corrected chi connectivity index (χ2v) is 14.5. The summed E-state index contributed by atoms with van der Waals surface area (Å²) in [6.07, 6.45) is 4.64. The van der Waals surface area contributed by atoms with Gasteiger partial charge in [-0.25, -0.2) is 9.97 Å². The third-order valence-electron chi connectivity index (χ3n) is 10.6. The fraction of sp³-hybridized carbons (Fsp3) is 0.0667. The van der Waals surface area contributed by atoms with Gasteiger partial charge in [-0.1, -0.05) is 109 Å².